The summed E-state index contributed by atoms with van der Waals surface area (Å²) in [4.78, 5) is 12.1. The molecule has 0 saturated carbocycles. The van der Waals surface area contributed by atoms with E-state index in [9.17, 15) is 4.79 Å². The molecule has 2 aromatic carbocycles. The van der Waals surface area contributed by atoms with Gasteiger partial charge < -0.3 is 19.9 Å². The number of benzene rings is 2. The number of carbonyl (C=O) groups is 1. The first-order valence-corrected chi connectivity index (χ1v) is 11.4. The van der Waals surface area contributed by atoms with Crippen molar-refractivity contribution in [2.24, 2.45) is 5.10 Å². The van der Waals surface area contributed by atoms with E-state index >= 15 is 0 Å². The maximum atomic E-state index is 12.1. The third-order valence-electron chi connectivity index (χ3n) is 5.60. The van der Waals surface area contributed by atoms with Crippen molar-refractivity contribution in [3.63, 3.8) is 0 Å². The Morgan fingerprint density at radius 3 is 2.79 bits per heavy atom. The molecule has 9 nitrogen and oxygen atoms in total. The lowest BCUT2D eigenvalue weighted by Gasteiger charge is -2.21. The molecular weight excluding hydrogens is 442 g/mol. The van der Waals surface area contributed by atoms with Crippen molar-refractivity contribution in [3.05, 3.63) is 57.6 Å². The number of anilines is 2. The summed E-state index contributed by atoms with van der Waals surface area (Å²) in [5.74, 6) is 0.925. The summed E-state index contributed by atoms with van der Waals surface area (Å²) in [6.45, 7) is 6.25. The van der Waals surface area contributed by atoms with Crippen LogP contribution in [0.15, 0.2) is 35.4 Å². The molecule has 0 unspecified atom stereocenters. The Kier molecular flexibility index (Phi) is 5.37. The van der Waals surface area contributed by atoms with Crippen molar-refractivity contribution >= 4 is 33.8 Å². The van der Waals surface area contributed by atoms with E-state index in [0.717, 1.165) is 45.1 Å². The van der Waals surface area contributed by atoms with Gasteiger partial charge in [0.2, 0.25) is 16.9 Å². The van der Waals surface area contributed by atoms with E-state index in [1.165, 1.54) is 0 Å². The van der Waals surface area contributed by atoms with E-state index in [-0.39, 0.29) is 24.4 Å². The van der Waals surface area contributed by atoms with Crippen LogP contribution in [0.2, 0.25) is 0 Å². The normalized spacial score (nSPS) is 16.8. The lowest BCUT2D eigenvalue weighted by Crippen LogP contribution is -2.29. The topological polar surface area (TPSA) is 112 Å². The molecule has 2 aliphatic heterocycles. The summed E-state index contributed by atoms with van der Waals surface area (Å²) in [5.41, 5.74) is 11.4. The summed E-state index contributed by atoms with van der Waals surface area (Å²) in [7, 11) is 0. The number of nitrogens with zero attached hydrogens (tertiary/aromatic N) is 4. The number of nitrogens with two attached hydrogens (primary N) is 1. The number of hydrazone groups is 1. The molecule has 33 heavy (non-hydrogen) atoms. The van der Waals surface area contributed by atoms with Gasteiger partial charge in [-0.25, -0.2) is 9.80 Å². The maximum absolute atomic E-state index is 12.1. The first-order valence-electron chi connectivity index (χ1n) is 10.6. The third-order valence-corrected chi connectivity index (χ3v) is 6.49. The monoisotopic (exact) mass is 465 g/mol. The summed E-state index contributed by atoms with van der Waals surface area (Å²) in [5, 5.41) is 15.8. The van der Waals surface area contributed by atoms with Crippen molar-refractivity contribution < 1.29 is 19.0 Å². The van der Waals surface area contributed by atoms with Gasteiger partial charge in [-0.2, -0.15) is 5.10 Å². The van der Waals surface area contributed by atoms with E-state index in [2.05, 4.69) is 17.1 Å². The minimum Gasteiger partial charge on any atom is -0.461 e. The molecule has 2 N–H and O–H groups in total. The number of esters is 1. The molecule has 0 amide bonds. The van der Waals surface area contributed by atoms with Gasteiger partial charge in [0.05, 0.1) is 18.4 Å². The Labute approximate surface area is 194 Å². The average Bonchev–Trinajstić information content (AvgIpc) is 3.43. The number of hydrogen-bond donors (Lipinski definition) is 1. The van der Waals surface area contributed by atoms with Crippen LogP contribution in [-0.2, 0) is 11.2 Å². The Morgan fingerprint density at radius 1 is 1.24 bits per heavy atom. The number of ether oxygens (including phenoxy) is 3. The van der Waals surface area contributed by atoms with Crippen LogP contribution in [0.3, 0.4) is 0 Å². The zero-order valence-corrected chi connectivity index (χ0v) is 19.3. The molecule has 0 aliphatic carbocycles. The second kappa shape index (κ2) is 8.36. The van der Waals surface area contributed by atoms with Crippen LogP contribution < -0.4 is 20.2 Å². The molecule has 3 aromatic rings. The molecule has 170 valence electrons. The lowest BCUT2D eigenvalue weighted by atomic mass is 9.93. The highest BCUT2D eigenvalue weighted by Crippen LogP contribution is 2.38. The minimum absolute atomic E-state index is 0.0560. The van der Waals surface area contributed by atoms with Crippen molar-refractivity contribution in [3.8, 4) is 11.5 Å². The second-order valence-electron chi connectivity index (χ2n) is 7.89. The average molecular weight is 466 g/mol. The fraction of sp³-hybridized carbons (Fsp3) is 0.304. The maximum Gasteiger partial charge on any atom is 0.369 e. The zero-order chi connectivity index (χ0) is 23.1. The minimum atomic E-state index is -0.490. The van der Waals surface area contributed by atoms with Gasteiger partial charge in [0.15, 0.2) is 11.5 Å². The van der Waals surface area contributed by atoms with Crippen LogP contribution in [0.4, 0.5) is 10.8 Å². The van der Waals surface area contributed by atoms with E-state index in [4.69, 9.17) is 25.0 Å². The van der Waals surface area contributed by atoms with Crippen LogP contribution >= 0.6 is 11.3 Å². The molecule has 0 saturated heterocycles. The van der Waals surface area contributed by atoms with Gasteiger partial charge in [0.1, 0.15) is 0 Å². The summed E-state index contributed by atoms with van der Waals surface area (Å²) in [6, 6.07) is 9.78. The lowest BCUT2D eigenvalue weighted by molar-refractivity contribution is 0.0525. The van der Waals surface area contributed by atoms with Crippen molar-refractivity contribution in [2.45, 2.75) is 33.2 Å². The molecule has 1 aromatic heterocycles. The summed E-state index contributed by atoms with van der Waals surface area (Å²) < 4.78 is 16.3. The van der Waals surface area contributed by atoms with Crippen molar-refractivity contribution in [1.82, 2.24) is 10.2 Å². The number of hydrogen-bond acceptors (Lipinski definition) is 10. The highest BCUT2D eigenvalue weighted by atomic mass is 32.1. The van der Waals surface area contributed by atoms with E-state index < -0.39 is 5.97 Å². The van der Waals surface area contributed by atoms with Crippen LogP contribution in [0.5, 0.6) is 11.5 Å². The van der Waals surface area contributed by atoms with Gasteiger partial charge in [-0.05, 0) is 62.6 Å². The van der Waals surface area contributed by atoms with E-state index in [0.29, 0.717) is 23.0 Å². The molecule has 1 atom stereocenters. The molecule has 0 radical (unpaired) electrons. The molecule has 2 aliphatic rings. The number of fused-ring (bicyclic) bond motifs is 2. The number of nitrogen functional groups attached to an aromatic ring is 1. The van der Waals surface area contributed by atoms with Crippen LogP contribution in [-0.4, -0.2) is 41.3 Å². The molecule has 0 fully saturated rings. The molecule has 10 heteroatoms. The first-order chi connectivity index (χ1) is 15.9. The van der Waals surface area contributed by atoms with Gasteiger partial charge >= 0.3 is 5.97 Å². The fourth-order valence-corrected chi connectivity index (χ4v) is 4.68. The van der Waals surface area contributed by atoms with E-state index in [1.807, 2.05) is 42.3 Å². The first kappa shape index (κ1) is 21.2. The zero-order valence-electron chi connectivity index (χ0n) is 18.5. The SMILES string of the molecule is CCOC(=O)c1nnc(N2N=C(c3ccc(N)c(C)c3)c3cc4c(cc3C[C@H]2C)OCO4)s1. The fourth-order valence-electron chi connectivity index (χ4n) is 3.89. The van der Waals surface area contributed by atoms with Gasteiger partial charge in [-0.3, -0.25) is 0 Å². The number of rotatable bonds is 4. The molecular formula is C23H23N5O4S. The van der Waals surface area contributed by atoms with Crippen LogP contribution in [0, 0.1) is 6.92 Å². The number of carbonyl (C=O) groups excluding carboxylic acids is 1. The predicted molar refractivity (Wildman–Crippen MR) is 125 cm³/mol. The second-order valence-corrected chi connectivity index (χ2v) is 8.85. The van der Waals surface area contributed by atoms with Crippen LogP contribution in [0.25, 0.3) is 0 Å². The quantitative estimate of drug-likeness (QED) is 0.460. The Balaban J connectivity index is 1.64. The predicted octanol–water partition coefficient (Wildman–Crippen LogP) is 3.54. The van der Waals surface area contributed by atoms with Crippen molar-refractivity contribution in [2.75, 3.05) is 24.1 Å². The molecule has 0 bridgehead atoms. The van der Waals surface area contributed by atoms with Gasteiger partial charge in [-0.1, -0.05) is 17.4 Å². The van der Waals surface area contributed by atoms with Crippen LogP contribution in [0.1, 0.15) is 45.9 Å². The largest absolute Gasteiger partial charge is 0.461 e. The summed E-state index contributed by atoms with van der Waals surface area (Å²) in [6.07, 6.45) is 0.682. The molecule has 5 rings (SSSR count). The number of aryl methyl sites for hydroxylation is 1. The van der Waals surface area contributed by atoms with E-state index in [1.54, 1.807) is 6.92 Å². The Morgan fingerprint density at radius 2 is 2.03 bits per heavy atom. The standard InChI is InChI=1S/C23H23N5O4S/c1-4-30-22(29)21-25-26-23(33-21)28-13(3)8-15-9-18-19(32-11-31-18)10-16(15)20(27-28)14-5-6-17(24)12(2)7-14/h5-7,9-10,13H,4,8,11,24H2,1-3H3/t13-/m1/s1. The molecule has 0 spiro atoms. The molecule has 3 heterocycles. The Bertz CT molecular complexity index is 1270. The van der Waals surface area contributed by atoms with Gasteiger partial charge in [0, 0.05) is 16.8 Å². The highest BCUT2D eigenvalue weighted by molar-refractivity contribution is 7.17. The number of aromatic nitrogens is 2. The van der Waals surface area contributed by atoms with Crippen molar-refractivity contribution in [1.29, 1.82) is 0 Å². The van der Waals surface area contributed by atoms with Gasteiger partial charge in [-0.15, -0.1) is 10.2 Å². The highest BCUT2D eigenvalue weighted by Gasteiger charge is 2.30. The van der Waals surface area contributed by atoms with Gasteiger partial charge in [0.25, 0.3) is 0 Å². The summed E-state index contributed by atoms with van der Waals surface area (Å²) >= 11 is 1.16. The Hall–Kier alpha value is -3.66. The third kappa shape index (κ3) is 3.86. The smallest absolute Gasteiger partial charge is 0.369 e.